The van der Waals surface area contributed by atoms with Gasteiger partial charge in [-0.1, -0.05) is 20.8 Å². The maximum Gasteiger partial charge on any atom is 0.236 e. The van der Waals surface area contributed by atoms with E-state index in [4.69, 9.17) is 0 Å². The van der Waals surface area contributed by atoms with Gasteiger partial charge in [-0.3, -0.25) is 0 Å². The van der Waals surface area contributed by atoms with Crippen molar-refractivity contribution in [2.24, 2.45) is 0 Å². The minimum atomic E-state index is 0. The lowest BCUT2D eigenvalue weighted by Crippen LogP contribution is -1.76. The van der Waals surface area contributed by atoms with E-state index in [1.54, 1.807) is 0 Å². The summed E-state index contributed by atoms with van der Waals surface area (Å²) in [5.41, 5.74) is 0. The molecule has 0 bridgehead atoms. The van der Waals surface area contributed by atoms with Crippen molar-refractivity contribution in [3.8, 4) is 0 Å². The Hall–Kier alpha value is 1.64. The van der Waals surface area contributed by atoms with E-state index in [9.17, 15) is 0 Å². The van der Waals surface area contributed by atoms with Gasteiger partial charge in [-0.15, -0.1) is 40.7 Å². The molecule has 0 N–H and O–H groups in total. The van der Waals surface area contributed by atoms with Crippen LogP contribution >= 0.6 is 24.8 Å². The molecule has 0 saturated carbocycles. The quantitative estimate of drug-likeness (QED) is 0.622. The Balaban J connectivity index is -0.0000000326. The molecule has 4 heteroatoms. The Bertz CT molecular complexity index is 27.7. The molecule has 0 unspecified atom stereocenters. The second kappa shape index (κ2) is 31.1. The van der Waals surface area contributed by atoms with Crippen LogP contribution in [0.15, 0.2) is 0 Å². The predicted octanol–water partition coefficient (Wildman–Crippen LogP) is 2.20. The Kier molecular flexibility index (Phi) is 70.2. The largest absolute Gasteiger partial charge is 0.236 e. The molecule has 0 aromatic carbocycles. The standard InChI is InChI=1S/3C2H5.2Al.2ClH.3H/c3*1-2;;;;;;;/h3*1H2,2H3;;;2*1H;;;. The molecule has 0 aliphatic heterocycles. The fourth-order valence-electron chi connectivity index (χ4n) is 0.354. The maximum atomic E-state index is 2.27. The lowest BCUT2D eigenvalue weighted by Gasteiger charge is -1.73. The highest BCUT2D eigenvalue weighted by Gasteiger charge is 1.76. The highest BCUT2D eigenvalue weighted by atomic mass is 35.5. The Labute approximate surface area is 92.5 Å². The molecule has 0 rings (SSSR count). The van der Waals surface area contributed by atoms with Gasteiger partial charge >= 0.3 is 0 Å². The summed E-state index contributed by atoms with van der Waals surface area (Å²) in [6.45, 7) is 6.73. The van der Waals surface area contributed by atoms with Crippen molar-refractivity contribution >= 4 is 56.3 Å². The van der Waals surface area contributed by atoms with E-state index < -0.39 is 0 Å². The molecule has 0 aliphatic carbocycles. The molecule has 10 heavy (non-hydrogen) atoms. The smallest absolute Gasteiger partial charge is 0.147 e. The molecule has 0 radical (unpaired) electrons. The zero-order chi connectivity index (χ0) is 6.83. The van der Waals surface area contributed by atoms with Crippen molar-refractivity contribution in [3.05, 3.63) is 0 Å². The van der Waals surface area contributed by atoms with Gasteiger partial charge in [-0.05, 0) is 0 Å². The first-order valence-corrected chi connectivity index (χ1v) is 7.24. The summed E-state index contributed by atoms with van der Waals surface area (Å²) < 4.78 is 0. The monoisotopic (exact) mass is 216 g/mol. The summed E-state index contributed by atoms with van der Waals surface area (Å²) in [4.78, 5) is 0. The van der Waals surface area contributed by atoms with E-state index in [0.717, 1.165) is 0 Å². The average molecular weight is 217 g/mol. The molecule has 64 valence electrons. The Morgan fingerprint density at radius 2 is 1.20 bits per heavy atom. The molecule has 0 amide bonds. The first-order valence-electron chi connectivity index (χ1n) is 3.83. The van der Waals surface area contributed by atoms with Gasteiger partial charge in [-0.25, -0.2) is 0 Å². The van der Waals surface area contributed by atoms with Gasteiger partial charge in [0, 0.05) is 0 Å². The van der Waals surface area contributed by atoms with E-state index in [2.05, 4.69) is 20.8 Å². The minimum absolute atomic E-state index is 0. The van der Waals surface area contributed by atoms with Crippen LogP contribution in [0.25, 0.3) is 0 Å². The first-order chi connectivity index (χ1) is 3.83. The van der Waals surface area contributed by atoms with Crippen molar-refractivity contribution in [1.82, 2.24) is 0 Å². The maximum absolute atomic E-state index is 2.27. The lowest BCUT2D eigenvalue weighted by atomic mass is 10.9. The van der Waals surface area contributed by atoms with Gasteiger partial charge in [0.2, 0.25) is 31.5 Å². The van der Waals surface area contributed by atoms with Crippen LogP contribution in [0.4, 0.5) is 0 Å². The van der Waals surface area contributed by atoms with Gasteiger partial charge in [0.25, 0.3) is 0 Å². The van der Waals surface area contributed by atoms with E-state index in [-0.39, 0.29) is 24.8 Å². The zero-order valence-electron chi connectivity index (χ0n) is 7.64. The minimum Gasteiger partial charge on any atom is -0.147 e. The number of rotatable bonds is 2. The molecule has 0 heterocycles. The van der Waals surface area contributed by atoms with Crippen molar-refractivity contribution < 1.29 is 0 Å². The highest BCUT2D eigenvalue weighted by Crippen LogP contribution is 1.77. The fraction of sp³-hybridized carbons (Fsp3) is 1.00. The van der Waals surface area contributed by atoms with Crippen LogP contribution in [0.2, 0.25) is 15.8 Å². The van der Waals surface area contributed by atoms with Gasteiger partial charge in [0.1, 0.15) is 0 Å². The van der Waals surface area contributed by atoms with Crippen molar-refractivity contribution in [1.29, 1.82) is 0 Å². The summed E-state index contributed by atoms with van der Waals surface area (Å²) >= 11 is 1.80. The molecular formula is C6H20Al2Cl2. The Morgan fingerprint density at radius 3 is 1.20 bits per heavy atom. The van der Waals surface area contributed by atoms with Crippen molar-refractivity contribution in [2.75, 3.05) is 0 Å². The molecular weight excluding hydrogens is 197 g/mol. The third-order valence-electron chi connectivity index (χ3n) is 0.707. The van der Waals surface area contributed by atoms with Crippen LogP contribution in [-0.2, 0) is 0 Å². The van der Waals surface area contributed by atoms with Crippen LogP contribution in [0.1, 0.15) is 20.8 Å². The van der Waals surface area contributed by atoms with Crippen LogP contribution in [0, 0.1) is 0 Å². The summed E-state index contributed by atoms with van der Waals surface area (Å²) in [6, 6.07) is 0. The first kappa shape index (κ1) is 22.6. The topological polar surface area (TPSA) is 0 Å². The van der Waals surface area contributed by atoms with Crippen molar-refractivity contribution in [3.63, 3.8) is 0 Å². The molecule has 0 aromatic rings. The van der Waals surface area contributed by atoms with Crippen LogP contribution < -0.4 is 0 Å². The molecule has 0 fully saturated rings. The van der Waals surface area contributed by atoms with Gasteiger partial charge in [0.05, 0.1) is 0 Å². The van der Waals surface area contributed by atoms with Crippen LogP contribution in [-0.4, -0.2) is 31.5 Å². The van der Waals surface area contributed by atoms with E-state index in [0.29, 0.717) is 15.2 Å². The lowest BCUT2D eigenvalue weighted by molar-refractivity contribution is 1.36. The molecule has 0 saturated heterocycles. The summed E-state index contributed by atoms with van der Waals surface area (Å²) in [5.74, 6) is 0. The summed E-state index contributed by atoms with van der Waals surface area (Å²) in [5, 5.41) is 4.35. The van der Waals surface area contributed by atoms with E-state index in [1.165, 1.54) is 32.1 Å². The number of hydrogen-bond donors (Lipinski definition) is 0. The van der Waals surface area contributed by atoms with Crippen LogP contribution in [0.3, 0.4) is 0 Å². The predicted molar refractivity (Wildman–Crippen MR) is 61.6 cm³/mol. The molecule has 0 aliphatic rings. The van der Waals surface area contributed by atoms with E-state index in [1.807, 2.05) is 0 Å². The number of hydrogen-bond acceptors (Lipinski definition) is 0. The van der Waals surface area contributed by atoms with Gasteiger partial charge in [-0.2, -0.15) is 0 Å². The Morgan fingerprint density at radius 1 is 1.00 bits per heavy atom. The molecule has 0 spiro atoms. The van der Waals surface area contributed by atoms with Gasteiger partial charge in [0.15, 0.2) is 0 Å². The third-order valence-corrected chi connectivity index (χ3v) is 2.12. The molecule has 0 atom stereocenters. The third kappa shape index (κ3) is 54.3. The second-order valence-corrected chi connectivity index (χ2v) is 6.18. The summed E-state index contributed by atoms with van der Waals surface area (Å²) in [6.07, 6.45) is 0. The zero-order valence-corrected chi connectivity index (χ0v) is 12.7. The SMILES string of the molecule is C[CH2][AlH2].C[CH2][AlH][CH2]C.Cl.Cl. The summed E-state index contributed by atoms with van der Waals surface area (Å²) in [7, 11) is 0. The molecule has 0 nitrogen and oxygen atoms in total. The normalized spacial score (nSPS) is 5.50. The van der Waals surface area contributed by atoms with Crippen LogP contribution in [0.5, 0.6) is 0 Å². The van der Waals surface area contributed by atoms with Gasteiger partial charge < -0.3 is 0 Å². The number of halogens is 2. The highest BCUT2D eigenvalue weighted by molar-refractivity contribution is 6.34. The van der Waals surface area contributed by atoms with Crippen molar-refractivity contribution in [2.45, 2.75) is 36.6 Å². The molecule has 0 aromatic heterocycles. The fourth-order valence-corrected chi connectivity index (χ4v) is 1.06. The second-order valence-electron chi connectivity index (χ2n) is 2.06. The van der Waals surface area contributed by atoms with E-state index >= 15 is 0 Å². The average Bonchev–Trinajstić information content (AvgIpc) is 1.71.